The number of piperidine rings is 2. The molecule has 6 nitrogen and oxygen atoms in total. The predicted octanol–water partition coefficient (Wildman–Crippen LogP) is 4.35. The molecule has 9 heteroatoms. The third-order valence-electron chi connectivity index (χ3n) is 8.86. The molecule has 0 bridgehead atoms. The average molecular weight is 552 g/mol. The van der Waals surface area contributed by atoms with Gasteiger partial charge in [-0.05, 0) is 88.4 Å². The van der Waals surface area contributed by atoms with Gasteiger partial charge in [-0.15, -0.1) is 0 Å². The van der Waals surface area contributed by atoms with Gasteiger partial charge in [0.2, 0.25) is 0 Å². The third kappa shape index (κ3) is 8.29. The van der Waals surface area contributed by atoms with Crippen molar-refractivity contribution in [2.24, 2.45) is 10.9 Å². The Morgan fingerprint density at radius 2 is 1.63 bits per heavy atom. The number of likely N-dealkylation sites (tertiary alicyclic amines) is 1. The van der Waals surface area contributed by atoms with Gasteiger partial charge in [0.25, 0.3) is 0 Å². The summed E-state index contributed by atoms with van der Waals surface area (Å²) in [6.45, 7) is 13.2. The summed E-state index contributed by atoms with van der Waals surface area (Å²) < 4.78 is 42.2. The Hall–Kier alpha value is -1.42. The van der Waals surface area contributed by atoms with E-state index in [9.17, 15) is 13.0 Å². The van der Waals surface area contributed by atoms with Gasteiger partial charge < -0.3 is 9.80 Å². The van der Waals surface area contributed by atoms with Gasteiger partial charge in [-0.25, -0.2) is 17.3 Å². The third-order valence-corrected chi connectivity index (χ3v) is 9.96. The van der Waals surface area contributed by atoms with Crippen molar-refractivity contribution in [3.05, 3.63) is 35.4 Å². The molecule has 0 N–H and O–H groups in total. The zero-order valence-corrected chi connectivity index (χ0v) is 24.4. The van der Waals surface area contributed by atoms with Crippen LogP contribution < -0.4 is 0 Å². The predicted molar refractivity (Wildman–Crippen MR) is 153 cm³/mol. The van der Waals surface area contributed by atoms with Crippen LogP contribution in [0.4, 0.5) is 8.78 Å². The van der Waals surface area contributed by atoms with Crippen molar-refractivity contribution < 1.29 is 13.0 Å². The van der Waals surface area contributed by atoms with E-state index in [0.717, 1.165) is 103 Å². The molecule has 2 fully saturated rings. The molecule has 0 spiro atoms. The quantitative estimate of drug-likeness (QED) is 0.482. The Balaban J connectivity index is 1.32. The van der Waals surface area contributed by atoms with E-state index in [0.29, 0.717) is 18.0 Å². The maximum absolute atomic E-state index is 14.2. The van der Waals surface area contributed by atoms with E-state index >= 15 is 0 Å². The second-order valence-corrected chi connectivity index (χ2v) is 13.0. The van der Waals surface area contributed by atoms with E-state index < -0.39 is 22.6 Å². The summed E-state index contributed by atoms with van der Waals surface area (Å²) in [5, 5.41) is 0. The van der Waals surface area contributed by atoms with Crippen LogP contribution in [-0.4, -0.2) is 107 Å². The van der Waals surface area contributed by atoms with Crippen LogP contribution in [0.2, 0.25) is 0 Å². The van der Waals surface area contributed by atoms with E-state index in [4.69, 9.17) is 4.99 Å². The van der Waals surface area contributed by atoms with Crippen molar-refractivity contribution in [3.63, 3.8) is 0 Å². The molecule has 3 heterocycles. The molecule has 0 aliphatic carbocycles. The van der Waals surface area contributed by atoms with Crippen LogP contribution in [0.25, 0.3) is 0 Å². The highest BCUT2D eigenvalue weighted by molar-refractivity contribution is 7.81. The lowest BCUT2D eigenvalue weighted by Crippen LogP contribution is -2.45. The van der Waals surface area contributed by atoms with Gasteiger partial charge in [0.1, 0.15) is 11.6 Å². The molecule has 0 radical (unpaired) electrons. The highest BCUT2D eigenvalue weighted by Crippen LogP contribution is 2.36. The number of nitrogens with zero attached hydrogens (tertiary/aromatic N) is 5. The maximum Gasteiger partial charge on any atom is 0.126 e. The first kappa shape index (κ1) is 29.6. The van der Waals surface area contributed by atoms with Crippen LogP contribution in [0.3, 0.4) is 0 Å². The van der Waals surface area contributed by atoms with Gasteiger partial charge in [-0.3, -0.25) is 9.89 Å². The van der Waals surface area contributed by atoms with E-state index in [1.54, 1.807) is 6.26 Å². The molecule has 3 aliphatic rings. The zero-order chi connectivity index (χ0) is 27.1. The van der Waals surface area contributed by atoms with Crippen LogP contribution >= 0.6 is 0 Å². The number of aliphatic imine (C=N–C) groups is 1. The SMILES string of the molecule is CC(C)N1CCCN(C2CCN(CCC(c3cc(F)cc(F)c3)C3CCN(S(C)=O)CC3)CC2)C=NCC1. The zero-order valence-electron chi connectivity index (χ0n) is 23.5. The molecule has 2 atom stereocenters. The lowest BCUT2D eigenvalue weighted by atomic mass is 9.78. The second kappa shape index (κ2) is 14.3. The molecular weight excluding hydrogens is 504 g/mol. The van der Waals surface area contributed by atoms with Gasteiger partial charge in [-0.1, -0.05) is 0 Å². The maximum atomic E-state index is 14.2. The lowest BCUT2D eigenvalue weighted by Gasteiger charge is -2.39. The summed E-state index contributed by atoms with van der Waals surface area (Å²) in [7, 11) is -0.963. The van der Waals surface area contributed by atoms with Crippen molar-refractivity contribution in [3.8, 4) is 0 Å². The summed E-state index contributed by atoms with van der Waals surface area (Å²) in [5.41, 5.74) is 0.775. The second-order valence-electron chi connectivity index (χ2n) is 11.6. The molecule has 2 saturated heterocycles. The molecule has 1 aromatic rings. The summed E-state index contributed by atoms with van der Waals surface area (Å²) in [5.74, 6) is -0.542. The highest BCUT2D eigenvalue weighted by atomic mass is 32.2. The molecule has 2 unspecified atom stereocenters. The van der Waals surface area contributed by atoms with Gasteiger partial charge in [0, 0.05) is 70.2 Å². The van der Waals surface area contributed by atoms with Crippen LogP contribution in [0.1, 0.15) is 63.9 Å². The standard InChI is InChI=1S/C29H47F2N5OS/c1-23(2)34-11-4-12-35(22-32-10-18-34)28-7-13-33(14-8-28)15-9-29(25-19-26(30)21-27(31)20-25)24-5-16-36(17-6-24)38(3)37/h19-24,28-29H,4-18H2,1-3H3. The Morgan fingerprint density at radius 3 is 2.26 bits per heavy atom. The molecular formula is C29H47F2N5OS. The first-order valence-corrected chi connectivity index (χ1v) is 16.1. The first-order chi connectivity index (χ1) is 18.3. The van der Waals surface area contributed by atoms with Crippen molar-refractivity contribution >= 4 is 17.3 Å². The minimum Gasteiger partial charge on any atom is -0.360 e. The summed E-state index contributed by atoms with van der Waals surface area (Å²) in [6.07, 6.45) is 9.96. The largest absolute Gasteiger partial charge is 0.360 e. The fourth-order valence-electron chi connectivity index (χ4n) is 6.56. The Kier molecular flexibility index (Phi) is 11.1. The van der Waals surface area contributed by atoms with Crippen molar-refractivity contribution in [1.82, 2.24) is 19.0 Å². The highest BCUT2D eigenvalue weighted by Gasteiger charge is 2.31. The molecule has 4 rings (SSSR count). The van der Waals surface area contributed by atoms with Crippen molar-refractivity contribution in [2.45, 2.75) is 70.4 Å². The van der Waals surface area contributed by atoms with E-state index in [-0.39, 0.29) is 5.92 Å². The smallest absolute Gasteiger partial charge is 0.126 e. The Morgan fingerprint density at radius 1 is 0.947 bits per heavy atom. The normalized spacial score (nSPS) is 23.8. The lowest BCUT2D eigenvalue weighted by molar-refractivity contribution is 0.141. The minimum absolute atomic E-state index is 0.111. The van der Waals surface area contributed by atoms with Crippen LogP contribution in [-0.2, 0) is 11.0 Å². The first-order valence-electron chi connectivity index (χ1n) is 14.6. The van der Waals surface area contributed by atoms with Crippen LogP contribution in [0, 0.1) is 17.6 Å². The fourth-order valence-corrected chi connectivity index (χ4v) is 7.29. The average Bonchev–Trinajstić information content (AvgIpc) is 3.01. The molecule has 38 heavy (non-hydrogen) atoms. The topological polar surface area (TPSA) is 42.4 Å². The van der Waals surface area contributed by atoms with E-state index in [2.05, 4.69) is 34.9 Å². The summed E-state index contributed by atoms with van der Waals surface area (Å²) in [6, 6.07) is 5.11. The number of hydrogen-bond donors (Lipinski definition) is 0. The molecule has 1 aromatic carbocycles. The monoisotopic (exact) mass is 551 g/mol. The molecule has 214 valence electrons. The van der Waals surface area contributed by atoms with Gasteiger partial charge in [0.15, 0.2) is 0 Å². The van der Waals surface area contributed by atoms with Gasteiger partial charge >= 0.3 is 0 Å². The van der Waals surface area contributed by atoms with Crippen molar-refractivity contribution in [1.29, 1.82) is 0 Å². The summed E-state index contributed by atoms with van der Waals surface area (Å²) >= 11 is 0. The molecule has 3 aliphatic heterocycles. The van der Waals surface area contributed by atoms with Crippen LogP contribution in [0.15, 0.2) is 23.2 Å². The number of benzene rings is 1. The van der Waals surface area contributed by atoms with Crippen LogP contribution in [0.5, 0.6) is 0 Å². The number of halogens is 2. The molecule has 0 amide bonds. The number of rotatable bonds is 8. The Bertz CT molecular complexity index is 911. The van der Waals surface area contributed by atoms with Gasteiger partial charge in [-0.2, -0.15) is 0 Å². The summed E-state index contributed by atoms with van der Waals surface area (Å²) in [4.78, 5) is 12.3. The molecule has 0 aromatic heterocycles. The van der Waals surface area contributed by atoms with Gasteiger partial charge in [0.05, 0.1) is 23.9 Å². The van der Waals surface area contributed by atoms with E-state index in [1.807, 2.05) is 4.31 Å². The van der Waals surface area contributed by atoms with Crippen molar-refractivity contribution in [2.75, 3.05) is 65.2 Å². The fraction of sp³-hybridized carbons (Fsp3) is 0.759. The molecule has 0 saturated carbocycles. The minimum atomic E-state index is -0.963. The number of hydrogen-bond acceptors (Lipinski definition) is 5. The Labute approximate surface area is 231 Å². The van der Waals surface area contributed by atoms with E-state index in [1.165, 1.54) is 18.6 Å².